The predicted molar refractivity (Wildman–Crippen MR) is 185 cm³/mol. The SMILES string of the molecule is Cc1cc([C@@H](C)OC(=O)N2CC[C@@H](N3CCc4ccccc4NC3=O)C[C@@]2(CC=O)N2CCC(C3CCNCC3)CC2)cc2cn[nH]c12. The summed E-state index contributed by atoms with van der Waals surface area (Å²) in [5.74, 6) is 1.36. The number of likely N-dealkylation sites (tertiary alicyclic amines) is 2. The number of urea groups is 1. The van der Waals surface area contributed by atoms with Gasteiger partial charge in [0.05, 0.1) is 11.7 Å². The lowest BCUT2D eigenvalue weighted by atomic mass is 9.77. The molecule has 0 spiro atoms. The summed E-state index contributed by atoms with van der Waals surface area (Å²) in [6, 6.07) is 11.7. The standard InChI is InChI=1S/C37H49N7O4/c1-25-21-30(22-31-24-39-41-34(25)31)26(2)48-36(47)44-19-12-32(43-18-11-29-5-3-4-6-33(29)40-35(43)46)23-37(44,13-20-45)42-16-9-28(10-17-42)27-7-14-38-15-8-27/h3-6,20-22,24,26-28,32,38H,7-19,23H2,1-2H3,(H,39,41)(H,40,46)/t26-,32-,37+/m1/s1. The van der Waals surface area contributed by atoms with Gasteiger partial charge >= 0.3 is 12.1 Å². The van der Waals surface area contributed by atoms with Gasteiger partial charge in [-0.3, -0.25) is 14.9 Å². The van der Waals surface area contributed by atoms with E-state index in [0.29, 0.717) is 31.8 Å². The molecular weight excluding hydrogens is 606 g/mol. The van der Waals surface area contributed by atoms with Crippen molar-refractivity contribution in [2.24, 2.45) is 11.8 Å². The fourth-order valence-corrected chi connectivity index (χ4v) is 8.98. The third-order valence-electron chi connectivity index (χ3n) is 11.7. The zero-order valence-corrected chi connectivity index (χ0v) is 28.2. The molecule has 256 valence electrons. The Kier molecular flexibility index (Phi) is 9.42. The lowest BCUT2D eigenvalue weighted by molar-refractivity contribution is -0.129. The van der Waals surface area contributed by atoms with Crippen LogP contribution in [0.2, 0.25) is 0 Å². The second-order valence-corrected chi connectivity index (χ2v) is 14.3. The first-order chi connectivity index (χ1) is 23.4. The van der Waals surface area contributed by atoms with E-state index >= 15 is 0 Å². The van der Waals surface area contributed by atoms with Gasteiger partial charge in [0, 0.05) is 56.1 Å². The van der Waals surface area contributed by atoms with Crippen LogP contribution in [0.1, 0.15) is 74.7 Å². The third-order valence-corrected chi connectivity index (χ3v) is 11.7. The average molecular weight is 656 g/mol. The molecule has 0 unspecified atom stereocenters. The molecule has 3 fully saturated rings. The van der Waals surface area contributed by atoms with Crippen LogP contribution in [0.3, 0.4) is 0 Å². The number of nitrogens with zero attached hydrogens (tertiary/aromatic N) is 4. The summed E-state index contributed by atoms with van der Waals surface area (Å²) >= 11 is 0. The number of aromatic nitrogens is 2. The number of carbonyl (C=O) groups is 3. The van der Waals surface area contributed by atoms with Gasteiger partial charge in [0.1, 0.15) is 18.1 Å². The molecule has 0 radical (unpaired) electrons. The number of aromatic amines is 1. The van der Waals surface area contributed by atoms with E-state index in [9.17, 15) is 14.4 Å². The molecule has 0 saturated carbocycles. The number of carbonyl (C=O) groups excluding carboxylic acids is 3. The van der Waals surface area contributed by atoms with Gasteiger partial charge in [0.25, 0.3) is 0 Å². The van der Waals surface area contributed by atoms with Crippen molar-refractivity contribution >= 4 is 35.0 Å². The molecule has 3 aromatic rings. The van der Waals surface area contributed by atoms with E-state index in [4.69, 9.17) is 4.74 Å². The van der Waals surface area contributed by atoms with Crippen LogP contribution in [0.15, 0.2) is 42.6 Å². The van der Waals surface area contributed by atoms with E-state index in [1.807, 2.05) is 54.0 Å². The zero-order valence-electron chi connectivity index (χ0n) is 28.2. The van der Waals surface area contributed by atoms with Crippen molar-refractivity contribution in [3.8, 4) is 0 Å². The number of para-hydroxylation sites is 1. The van der Waals surface area contributed by atoms with Crippen molar-refractivity contribution in [1.82, 2.24) is 30.2 Å². The van der Waals surface area contributed by atoms with Gasteiger partial charge in [-0.25, -0.2) is 9.59 Å². The van der Waals surface area contributed by atoms with Crippen molar-refractivity contribution in [2.75, 3.05) is 44.6 Å². The predicted octanol–water partition coefficient (Wildman–Crippen LogP) is 5.62. The highest BCUT2D eigenvalue weighted by Crippen LogP contribution is 2.42. The number of amides is 3. The highest BCUT2D eigenvalue weighted by atomic mass is 16.6. The van der Waals surface area contributed by atoms with Crippen LogP contribution in [-0.4, -0.2) is 94.3 Å². The molecule has 7 rings (SSSR count). The topological polar surface area (TPSA) is 123 Å². The highest BCUT2D eigenvalue weighted by molar-refractivity contribution is 5.91. The molecule has 4 aliphatic rings. The Hall–Kier alpha value is -3.96. The van der Waals surface area contributed by atoms with E-state index in [-0.39, 0.29) is 18.5 Å². The number of piperidine rings is 3. The van der Waals surface area contributed by atoms with Gasteiger partial charge in [-0.05, 0) is 106 Å². The number of fused-ring (bicyclic) bond motifs is 2. The summed E-state index contributed by atoms with van der Waals surface area (Å²) in [7, 11) is 0. The van der Waals surface area contributed by atoms with E-state index in [1.165, 1.54) is 12.8 Å². The molecule has 4 aliphatic heterocycles. The minimum Gasteiger partial charge on any atom is -0.441 e. The molecule has 0 aliphatic carbocycles. The van der Waals surface area contributed by atoms with E-state index in [2.05, 4.69) is 31.8 Å². The number of benzene rings is 2. The molecule has 1 aromatic heterocycles. The van der Waals surface area contributed by atoms with Crippen molar-refractivity contribution < 1.29 is 19.1 Å². The Labute approximate surface area is 282 Å². The molecule has 3 N–H and O–H groups in total. The Morgan fingerprint density at radius 3 is 2.62 bits per heavy atom. The number of aryl methyl sites for hydroxylation is 1. The molecule has 3 saturated heterocycles. The van der Waals surface area contributed by atoms with E-state index in [0.717, 1.165) is 90.9 Å². The van der Waals surface area contributed by atoms with E-state index < -0.39 is 17.9 Å². The first-order valence-electron chi connectivity index (χ1n) is 17.8. The molecule has 11 heteroatoms. The van der Waals surface area contributed by atoms with E-state index in [1.54, 1.807) is 6.20 Å². The summed E-state index contributed by atoms with van der Waals surface area (Å²) < 4.78 is 6.24. The molecule has 2 aromatic carbocycles. The summed E-state index contributed by atoms with van der Waals surface area (Å²) in [6.07, 6.45) is 8.35. The number of rotatable bonds is 7. The first-order valence-corrected chi connectivity index (χ1v) is 17.8. The third kappa shape index (κ3) is 6.30. The number of hydrogen-bond acceptors (Lipinski definition) is 7. The van der Waals surface area contributed by atoms with Crippen LogP contribution in [0.5, 0.6) is 0 Å². The van der Waals surface area contributed by atoms with Crippen molar-refractivity contribution in [2.45, 2.75) is 83.0 Å². The summed E-state index contributed by atoms with van der Waals surface area (Å²) in [5, 5.41) is 14.8. The van der Waals surface area contributed by atoms with Gasteiger partial charge < -0.3 is 25.1 Å². The molecule has 0 bridgehead atoms. The van der Waals surface area contributed by atoms with Crippen molar-refractivity contribution in [1.29, 1.82) is 0 Å². The maximum absolute atomic E-state index is 14.3. The Bertz CT molecular complexity index is 1630. The molecule has 3 atom stereocenters. The van der Waals surface area contributed by atoms with Crippen molar-refractivity contribution in [3.63, 3.8) is 0 Å². The Morgan fingerprint density at radius 1 is 1.06 bits per heavy atom. The van der Waals surface area contributed by atoms with Crippen molar-refractivity contribution in [3.05, 3.63) is 59.3 Å². The average Bonchev–Trinajstić information content (AvgIpc) is 3.52. The monoisotopic (exact) mass is 655 g/mol. The smallest absolute Gasteiger partial charge is 0.411 e. The number of anilines is 1. The number of ether oxygens (including phenoxy) is 1. The fraction of sp³-hybridized carbons (Fsp3) is 0.568. The maximum atomic E-state index is 14.3. The van der Waals surface area contributed by atoms with Crippen LogP contribution in [-0.2, 0) is 16.0 Å². The quantitative estimate of drug-likeness (QED) is 0.283. The molecule has 5 heterocycles. The fourth-order valence-electron chi connectivity index (χ4n) is 8.98. The van der Waals surface area contributed by atoms with Gasteiger partial charge in [-0.15, -0.1) is 0 Å². The normalized spacial score (nSPS) is 25.3. The summed E-state index contributed by atoms with van der Waals surface area (Å²) in [6.45, 7) is 8.67. The molecule has 11 nitrogen and oxygen atoms in total. The summed E-state index contributed by atoms with van der Waals surface area (Å²) in [5.41, 5.74) is 3.99. The minimum atomic E-state index is -0.884. The molecule has 48 heavy (non-hydrogen) atoms. The zero-order chi connectivity index (χ0) is 33.3. The Morgan fingerprint density at radius 2 is 1.83 bits per heavy atom. The van der Waals surface area contributed by atoms with Gasteiger partial charge in [0.15, 0.2) is 0 Å². The minimum absolute atomic E-state index is 0.121. The molecular formula is C37H49N7O4. The molecule has 3 amide bonds. The largest absolute Gasteiger partial charge is 0.441 e. The number of nitrogens with one attached hydrogen (secondary N) is 3. The van der Waals surface area contributed by atoms with Crippen LogP contribution < -0.4 is 10.6 Å². The van der Waals surface area contributed by atoms with Gasteiger partial charge in [0.2, 0.25) is 0 Å². The summed E-state index contributed by atoms with van der Waals surface area (Å²) in [4.78, 5) is 46.8. The second kappa shape index (κ2) is 13.9. The number of H-pyrrole nitrogens is 1. The number of aldehydes is 1. The van der Waals surface area contributed by atoms with Crippen LogP contribution in [0.4, 0.5) is 15.3 Å². The van der Waals surface area contributed by atoms with Gasteiger partial charge in [-0.2, -0.15) is 5.10 Å². The Balaban J connectivity index is 1.15. The number of hydrogen-bond donors (Lipinski definition) is 3. The van der Waals surface area contributed by atoms with Crippen LogP contribution in [0, 0.1) is 18.8 Å². The van der Waals surface area contributed by atoms with Crippen LogP contribution in [0.25, 0.3) is 10.9 Å². The highest BCUT2D eigenvalue weighted by Gasteiger charge is 2.52. The second-order valence-electron chi connectivity index (χ2n) is 14.3. The lowest BCUT2D eigenvalue weighted by Crippen LogP contribution is -2.69. The maximum Gasteiger partial charge on any atom is 0.411 e. The lowest BCUT2D eigenvalue weighted by Gasteiger charge is -2.57. The first kappa shape index (κ1) is 32.6. The van der Waals surface area contributed by atoms with Gasteiger partial charge in [-0.1, -0.05) is 24.3 Å². The van der Waals surface area contributed by atoms with Crippen LogP contribution >= 0.6 is 0 Å².